The Labute approximate surface area is 160 Å². The van der Waals surface area contributed by atoms with Crippen molar-refractivity contribution in [2.45, 2.75) is 38.4 Å². The number of fused-ring (bicyclic) bond motifs is 1. The standard InChI is InChI=1S/C23H27N3O/c1-17(25(2)20-12-13-20)15-24-23(27)22-14-19-10-6-7-11-21(19)26(22)16-18-8-4-3-5-9-18/h3-11,14,17,20H,12-13,15-16H2,1-2H3,(H,24,27). The molecule has 4 rings (SSSR count). The van der Waals surface area contributed by atoms with Crippen LogP contribution in [0.1, 0.15) is 35.8 Å². The Balaban J connectivity index is 1.56. The molecule has 4 nitrogen and oxygen atoms in total. The molecule has 140 valence electrons. The molecule has 0 spiro atoms. The maximum Gasteiger partial charge on any atom is 0.268 e. The number of hydrogen-bond donors (Lipinski definition) is 1. The van der Waals surface area contributed by atoms with Gasteiger partial charge in [-0.1, -0.05) is 48.5 Å². The van der Waals surface area contributed by atoms with Gasteiger partial charge in [0.1, 0.15) is 5.69 Å². The number of aromatic nitrogens is 1. The van der Waals surface area contributed by atoms with Crippen LogP contribution in [0.25, 0.3) is 10.9 Å². The molecule has 1 saturated carbocycles. The average Bonchev–Trinajstić information content (AvgIpc) is 3.49. The van der Waals surface area contributed by atoms with Gasteiger partial charge in [0, 0.05) is 36.1 Å². The van der Waals surface area contributed by atoms with E-state index in [1.54, 1.807) is 0 Å². The molecule has 2 aromatic carbocycles. The number of likely N-dealkylation sites (N-methyl/N-ethyl adjacent to an activating group) is 1. The monoisotopic (exact) mass is 361 g/mol. The summed E-state index contributed by atoms with van der Waals surface area (Å²) in [6, 6.07) is 21.5. The molecule has 1 unspecified atom stereocenters. The van der Waals surface area contributed by atoms with Crippen molar-refractivity contribution >= 4 is 16.8 Å². The maximum absolute atomic E-state index is 13.0. The molecule has 1 aliphatic carbocycles. The number of carbonyl (C=O) groups is 1. The Morgan fingerprint density at radius 2 is 1.85 bits per heavy atom. The number of para-hydroxylation sites is 1. The van der Waals surface area contributed by atoms with Crippen molar-refractivity contribution in [3.63, 3.8) is 0 Å². The minimum absolute atomic E-state index is 0.00169. The summed E-state index contributed by atoms with van der Waals surface area (Å²) in [7, 11) is 2.15. The topological polar surface area (TPSA) is 37.3 Å². The van der Waals surface area contributed by atoms with Gasteiger partial charge < -0.3 is 9.88 Å². The van der Waals surface area contributed by atoms with Crippen LogP contribution in [0.4, 0.5) is 0 Å². The van der Waals surface area contributed by atoms with Gasteiger partial charge in [-0.05, 0) is 44.5 Å². The van der Waals surface area contributed by atoms with E-state index in [1.807, 2.05) is 36.4 Å². The Kier molecular flexibility index (Phi) is 4.99. The number of rotatable bonds is 7. The third-order valence-corrected chi connectivity index (χ3v) is 5.60. The Morgan fingerprint density at radius 1 is 1.15 bits per heavy atom. The number of amides is 1. The Bertz CT molecular complexity index is 927. The molecule has 1 aromatic heterocycles. The molecule has 0 aliphatic heterocycles. The third-order valence-electron chi connectivity index (χ3n) is 5.60. The summed E-state index contributed by atoms with van der Waals surface area (Å²) in [6.07, 6.45) is 2.56. The molecule has 3 aromatic rings. The highest BCUT2D eigenvalue weighted by Crippen LogP contribution is 2.27. The van der Waals surface area contributed by atoms with Crippen molar-refractivity contribution in [2.24, 2.45) is 0 Å². The predicted molar refractivity (Wildman–Crippen MR) is 110 cm³/mol. The summed E-state index contributed by atoms with van der Waals surface area (Å²) < 4.78 is 2.12. The zero-order chi connectivity index (χ0) is 18.8. The van der Waals surface area contributed by atoms with E-state index in [2.05, 4.69) is 53.0 Å². The van der Waals surface area contributed by atoms with Crippen LogP contribution in [0.2, 0.25) is 0 Å². The van der Waals surface area contributed by atoms with Crippen molar-refractivity contribution in [1.82, 2.24) is 14.8 Å². The van der Waals surface area contributed by atoms with Gasteiger partial charge in [0.15, 0.2) is 0 Å². The first kappa shape index (κ1) is 17.8. The first-order valence-corrected chi connectivity index (χ1v) is 9.76. The summed E-state index contributed by atoms with van der Waals surface area (Å²) in [5.74, 6) is -0.00169. The van der Waals surface area contributed by atoms with Crippen molar-refractivity contribution in [1.29, 1.82) is 0 Å². The molecule has 0 radical (unpaired) electrons. The normalized spacial score (nSPS) is 15.2. The lowest BCUT2D eigenvalue weighted by atomic mass is 10.2. The number of nitrogens with one attached hydrogen (secondary N) is 1. The van der Waals surface area contributed by atoms with Crippen molar-refractivity contribution in [3.05, 3.63) is 71.9 Å². The largest absolute Gasteiger partial charge is 0.349 e. The summed E-state index contributed by atoms with van der Waals surface area (Å²) in [5, 5.41) is 4.25. The Hall–Kier alpha value is -2.59. The highest BCUT2D eigenvalue weighted by Gasteiger charge is 2.29. The molecule has 0 saturated heterocycles. The van der Waals surface area contributed by atoms with Crippen LogP contribution < -0.4 is 5.32 Å². The molecule has 0 bridgehead atoms. The second-order valence-corrected chi connectivity index (χ2v) is 7.62. The maximum atomic E-state index is 13.0. The van der Waals surface area contributed by atoms with Crippen LogP contribution in [0.15, 0.2) is 60.7 Å². The SMILES string of the molecule is CC(CNC(=O)c1cc2ccccc2n1Cc1ccccc1)N(C)C1CC1. The van der Waals surface area contributed by atoms with E-state index in [9.17, 15) is 4.79 Å². The minimum atomic E-state index is -0.00169. The first-order valence-electron chi connectivity index (χ1n) is 9.76. The Morgan fingerprint density at radius 3 is 2.59 bits per heavy atom. The van der Waals surface area contributed by atoms with Crippen LogP contribution in [0.5, 0.6) is 0 Å². The molecular weight excluding hydrogens is 334 g/mol. The molecule has 1 heterocycles. The predicted octanol–water partition coefficient (Wildman–Crippen LogP) is 3.90. The van der Waals surface area contributed by atoms with Crippen LogP contribution in [-0.2, 0) is 6.54 Å². The second kappa shape index (κ2) is 7.57. The lowest BCUT2D eigenvalue weighted by Gasteiger charge is -2.24. The minimum Gasteiger partial charge on any atom is -0.349 e. The number of benzene rings is 2. The quantitative estimate of drug-likeness (QED) is 0.693. The van der Waals surface area contributed by atoms with E-state index >= 15 is 0 Å². The van der Waals surface area contributed by atoms with Gasteiger partial charge in [0.05, 0.1) is 0 Å². The van der Waals surface area contributed by atoms with Gasteiger partial charge in [-0.2, -0.15) is 0 Å². The van der Waals surface area contributed by atoms with E-state index in [4.69, 9.17) is 0 Å². The van der Waals surface area contributed by atoms with Crippen molar-refractivity contribution in [3.8, 4) is 0 Å². The van der Waals surface area contributed by atoms with Crippen LogP contribution in [-0.4, -0.2) is 41.1 Å². The third kappa shape index (κ3) is 3.91. The van der Waals surface area contributed by atoms with Crippen LogP contribution in [0, 0.1) is 0 Å². The van der Waals surface area contributed by atoms with Gasteiger partial charge in [0.2, 0.25) is 0 Å². The molecule has 1 N–H and O–H groups in total. The fourth-order valence-corrected chi connectivity index (χ4v) is 3.65. The number of carbonyl (C=O) groups excluding carboxylic acids is 1. The van der Waals surface area contributed by atoms with E-state index in [0.29, 0.717) is 25.2 Å². The van der Waals surface area contributed by atoms with E-state index < -0.39 is 0 Å². The number of nitrogens with zero attached hydrogens (tertiary/aromatic N) is 2. The van der Waals surface area contributed by atoms with Gasteiger partial charge in [-0.15, -0.1) is 0 Å². The van der Waals surface area contributed by atoms with Gasteiger partial charge >= 0.3 is 0 Å². The van der Waals surface area contributed by atoms with E-state index in [-0.39, 0.29) is 5.91 Å². The lowest BCUT2D eigenvalue weighted by molar-refractivity contribution is 0.0931. The molecule has 1 fully saturated rings. The lowest BCUT2D eigenvalue weighted by Crippen LogP contribution is -2.41. The fraction of sp³-hybridized carbons (Fsp3) is 0.348. The fourth-order valence-electron chi connectivity index (χ4n) is 3.65. The molecule has 1 amide bonds. The molecule has 27 heavy (non-hydrogen) atoms. The van der Waals surface area contributed by atoms with Gasteiger partial charge in [-0.3, -0.25) is 9.69 Å². The first-order chi connectivity index (χ1) is 13.1. The van der Waals surface area contributed by atoms with Crippen LogP contribution in [0.3, 0.4) is 0 Å². The summed E-state index contributed by atoms with van der Waals surface area (Å²) >= 11 is 0. The van der Waals surface area contributed by atoms with E-state index in [1.165, 1.54) is 18.4 Å². The highest BCUT2D eigenvalue weighted by molar-refractivity contribution is 5.98. The smallest absolute Gasteiger partial charge is 0.268 e. The molecule has 1 aliphatic rings. The zero-order valence-electron chi connectivity index (χ0n) is 16.1. The van der Waals surface area contributed by atoms with Crippen molar-refractivity contribution < 1.29 is 4.79 Å². The average molecular weight is 361 g/mol. The molecule has 4 heteroatoms. The summed E-state index contributed by atoms with van der Waals surface area (Å²) in [5.41, 5.74) is 3.01. The van der Waals surface area contributed by atoms with Crippen LogP contribution >= 0.6 is 0 Å². The van der Waals surface area contributed by atoms with Crippen molar-refractivity contribution in [2.75, 3.05) is 13.6 Å². The highest BCUT2D eigenvalue weighted by atomic mass is 16.1. The van der Waals surface area contributed by atoms with Gasteiger partial charge in [0.25, 0.3) is 5.91 Å². The second-order valence-electron chi connectivity index (χ2n) is 7.62. The summed E-state index contributed by atoms with van der Waals surface area (Å²) in [4.78, 5) is 15.4. The zero-order valence-corrected chi connectivity index (χ0v) is 16.1. The van der Waals surface area contributed by atoms with E-state index in [0.717, 1.165) is 16.6 Å². The number of hydrogen-bond acceptors (Lipinski definition) is 2. The van der Waals surface area contributed by atoms with Gasteiger partial charge in [-0.25, -0.2) is 0 Å². The molecule has 1 atom stereocenters. The summed E-state index contributed by atoms with van der Waals surface area (Å²) in [6.45, 7) is 3.53. The molecular formula is C23H27N3O.